The Morgan fingerprint density at radius 1 is 1.19 bits per heavy atom. The van der Waals surface area contributed by atoms with Crippen molar-refractivity contribution in [3.8, 4) is 5.75 Å². The summed E-state index contributed by atoms with van der Waals surface area (Å²) in [4.78, 5) is 37.0. The molecule has 0 heterocycles. The van der Waals surface area contributed by atoms with Gasteiger partial charge >= 0.3 is 0 Å². The van der Waals surface area contributed by atoms with E-state index in [-0.39, 0.29) is 40.9 Å². The van der Waals surface area contributed by atoms with E-state index in [1.54, 1.807) is 12.1 Å². The number of hydrogen-bond donors (Lipinski definition) is 4. The van der Waals surface area contributed by atoms with Crippen molar-refractivity contribution in [3.63, 3.8) is 0 Å². The van der Waals surface area contributed by atoms with Crippen LogP contribution in [0.5, 0.6) is 5.75 Å². The molecular formula is C20H19NO6. The lowest BCUT2D eigenvalue weighted by Gasteiger charge is -2.43. The molecule has 7 nitrogen and oxygen atoms in total. The summed E-state index contributed by atoms with van der Waals surface area (Å²) in [5, 5.41) is 31.4. The number of aromatic hydroxyl groups is 1. The van der Waals surface area contributed by atoms with Gasteiger partial charge < -0.3 is 21.1 Å². The number of carbonyl (C=O) groups is 3. The number of phenols is 1. The lowest BCUT2D eigenvalue weighted by Crippen LogP contribution is -2.45. The van der Waals surface area contributed by atoms with Gasteiger partial charge in [0.05, 0.1) is 11.5 Å². The van der Waals surface area contributed by atoms with Gasteiger partial charge in [0.15, 0.2) is 11.6 Å². The minimum atomic E-state index is -1.08. The highest BCUT2D eigenvalue weighted by atomic mass is 16.3. The summed E-state index contributed by atoms with van der Waals surface area (Å²) in [7, 11) is 0. The van der Waals surface area contributed by atoms with Crippen LogP contribution in [0.1, 0.15) is 36.8 Å². The normalized spacial score (nSPS) is 30.0. The second-order valence-corrected chi connectivity index (χ2v) is 7.49. The number of hydrogen-bond acceptors (Lipinski definition) is 6. The molecule has 1 aromatic carbocycles. The van der Waals surface area contributed by atoms with Gasteiger partial charge in [-0.2, -0.15) is 0 Å². The monoisotopic (exact) mass is 369 g/mol. The number of nitrogens with two attached hydrogens (primary N) is 1. The third-order valence-corrected chi connectivity index (χ3v) is 6.13. The first-order chi connectivity index (χ1) is 12.7. The van der Waals surface area contributed by atoms with Crippen LogP contribution in [0.3, 0.4) is 0 Å². The molecule has 3 unspecified atom stereocenters. The number of carbonyl (C=O) groups excluding carboxylic acids is 3. The number of primary amides is 1. The fourth-order valence-electron chi connectivity index (χ4n) is 4.89. The summed E-state index contributed by atoms with van der Waals surface area (Å²) >= 11 is 0. The molecule has 0 bridgehead atoms. The Balaban J connectivity index is 1.91. The van der Waals surface area contributed by atoms with Crippen molar-refractivity contribution in [3.05, 3.63) is 46.2 Å². The molecule has 0 radical (unpaired) electrons. The summed E-state index contributed by atoms with van der Waals surface area (Å²) < 4.78 is 0. The van der Waals surface area contributed by atoms with Gasteiger partial charge in [0.25, 0.3) is 5.91 Å². The van der Waals surface area contributed by atoms with Gasteiger partial charge in [-0.05, 0) is 35.8 Å². The molecule has 1 saturated carbocycles. The molecule has 4 atom stereocenters. The van der Waals surface area contributed by atoms with Gasteiger partial charge in [-0.3, -0.25) is 14.4 Å². The average Bonchev–Trinajstić information content (AvgIpc) is 2.58. The predicted molar refractivity (Wildman–Crippen MR) is 94.6 cm³/mol. The highest BCUT2D eigenvalue weighted by Crippen LogP contribution is 2.53. The molecule has 1 fully saturated rings. The lowest BCUT2D eigenvalue weighted by atomic mass is 9.59. The highest BCUT2D eigenvalue weighted by molar-refractivity contribution is 6.21. The lowest BCUT2D eigenvalue weighted by molar-refractivity contribution is -0.127. The summed E-state index contributed by atoms with van der Waals surface area (Å²) in [5.41, 5.74) is 5.74. The quantitative estimate of drug-likeness (QED) is 0.558. The molecular weight excluding hydrogens is 350 g/mol. The van der Waals surface area contributed by atoms with Crippen molar-refractivity contribution in [1.29, 1.82) is 0 Å². The molecule has 1 aromatic rings. The number of ketones is 2. The first-order valence-corrected chi connectivity index (χ1v) is 8.79. The Morgan fingerprint density at radius 2 is 1.89 bits per heavy atom. The molecule has 4 rings (SSSR count). The van der Waals surface area contributed by atoms with Crippen LogP contribution in [-0.2, 0) is 14.4 Å². The number of amides is 1. The van der Waals surface area contributed by atoms with Crippen LogP contribution in [-0.4, -0.2) is 32.8 Å². The molecule has 140 valence electrons. The van der Waals surface area contributed by atoms with Crippen molar-refractivity contribution < 1.29 is 29.7 Å². The van der Waals surface area contributed by atoms with Crippen LogP contribution >= 0.6 is 0 Å². The van der Waals surface area contributed by atoms with Crippen molar-refractivity contribution in [2.75, 3.05) is 0 Å². The number of fused-ring (bicyclic) bond motifs is 3. The number of benzene rings is 1. The van der Waals surface area contributed by atoms with Crippen molar-refractivity contribution in [2.24, 2.45) is 23.5 Å². The summed E-state index contributed by atoms with van der Waals surface area (Å²) in [6.45, 7) is 1.90. The van der Waals surface area contributed by atoms with Crippen molar-refractivity contribution >= 4 is 23.2 Å². The van der Waals surface area contributed by atoms with E-state index in [0.717, 1.165) is 5.56 Å². The second kappa shape index (κ2) is 5.70. The molecule has 0 saturated heterocycles. The Hall–Kier alpha value is -3.09. The molecule has 5 N–H and O–H groups in total. The Labute approximate surface area is 154 Å². The van der Waals surface area contributed by atoms with Crippen molar-refractivity contribution in [2.45, 2.75) is 25.7 Å². The second-order valence-electron chi connectivity index (χ2n) is 7.49. The fraction of sp³-hybridized carbons (Fsp3) is 0.350. The van der Waals surface area contributed by atoms with Gasteiger partial charge in [0.2, 0.25) is 0 Å². The van der Waals surface area contributed by atoms with E-state index in [4.69, 9.17) is 5.73 Å². The molecule has 0 aliphatic heterocycles. The molecule has 1 amide bonds. The molecule has 3 aliphatic carbocycles. The first-order valence-electron chi connectivity index (χ1n) is 8.79. The SMILES string of the molecule is C[C@H]1c2cccc(O)c2C(O)=C2C(=O)C3C(O)=C(C(N)=O)C(=O)CC3CC21. The zero-order chi connectivity index (χ0) is 19.6. The number of phenolic OH excluding ortho intramolecular Hbond substituents is 1. The van der Waals surface area contributed by atoms with Crippen molar-refractivity contribution in [1.82, 2.24) is 0 Å². The largest absolute Gasteiger partial charge is 0.511 e. The maximum absolute atomic E-state index is 13.2. The standard InChI is InChI=1S/C20H19NO6/c1-7-9-3-2-4-11(22)14(9)19(26)15-10(7)5-8-6-12(23)16(20(21)27)18(25)13(8)17(15)24/h2-4,7-8,10,13,22,25-26H,5-6H2,1H3,(H2,21,27)/t7-,8?,10?,13?/m0/s1. The summed E-state index contributed by atoms with van der Waals surface area (Å²) in [5.74, 6) is -5.26. The van der Waals surface area contributed by atoms with E-state index in [9.17, 15) is 29.7 Å². The molecule has 27 heavy (non-hydrogen) atoms. The molecule has 0 spiro atoms. The Morgan fingerprint density at radius 3 is 2.56 bits per heavy atom. The first kappa shape index (κ1) is 17.3. The number of Topliss-reactive ketones (excluding diaryl/α,β-unsaturated/α-hetero) is 2. The topological polar surface area (TPSA) is 138 Å². The maximum atomic E-state index is 13.2. The number of aliphatic hydroxyl groups excluding tert-OH is 2. The average molecular weight is 369 g/mol. The van der Waals surface area contributed by atoms with E-state index in [2.05, 4.69) is 0 Å². The van der Waals surface area contributed by atoms with Gasteiger partial charge in [-0.25, -0.2) is 0 Å². The molecule has 3 aliphatic rings. The van der Waals surface area contributed by atoms with E-state index in [0.29, 0.717) is 6.42 Å². The highest BCUT2D eigenvalue weighted by Gasteiger charge is 2.52. The van der Waals surface area contributed by atoms with Gasteiger partial charge in [0, 0.05) is 12.0 Å². The Bertz CT molecular complexity index is 973. The van der Waals surface area contributed by atoms with Crippen LogP contribution in [0.2, 0.25) is 0 Å². The van der Waals surface area contributed by atoms with E-state index < -0.39 is 40.6 Å². The minimum Gasteiger partial charge on any atom is -0.511 e. The zero-order valence-electron chi connectivity index (χ0n) is 14.6. The van der Waals surface area contributed by atoms with Crippen LogP contribution < -0.4 is 5.73 Å². The van der Waals surface area contributed by atoms with E-state index in [1.165, 1.54) is 6.07 Å². The van der Waals surface area contributed by atoms with E-state index >= 15 is 0 Å². The van der Waals surface area contributed by atoms with Crippen LogP contribution in [0.4, 0.5) is 0 Å². The van der Waals surface area contributed by atoms with E-state index in [1.807, 2.05) is 6.92 Å². The smallest absolute Gasteiger partial charge is 0.255 e. The number of aliphatic hydroxyl groups is 2. The fourth-order valence-corrected chi connectivity index (χ4v) is 4.89. The van der Waals surface area contributed by atoms with Gasteiger partial charge in [-0.15, -0.1) is 0 Å². The zero-order valence-corrected chi connectivity index (χ0v) is 14.6. The van der Waals surface area contributed by atoms with Gasteiger partial charge in [0.1, 0.15) is 22.8 Å². The van der Waals surface area contributed by atoms with Crippen LogP contribution in [0.25, 0.3) is 5.76 Å². The summed E-state index contributed by atoms with van der Waals surface area (Å²) in [6.07, 6.45) is 0.344. The molecule has 0 aromatic heterocycles. The minimum absolute atomic E-state index is 0.0527. The number of allylic oxidation sites excluding steroid dienone is 2. The predicted octanol–water partition coefficient (Wildman–Crippen LogP) is 1.87. The molecule has 7 heteroatoms. The van der Waals surface area contributed by atoms with Crippen LogP contribution in [0.15, 0.2) is 35.1 Å². The third kappa shape index (κ3) is 2.24. The summed E-state index contributed by atoms with van der Waals surface area (Å²) in [6, 6.07) is 4.90. The third-order valence-electron chi connectivity index (χ3n) is 6.13. The Kier molecular flexibility index (Phi) is 3.66. The maximum Gasteiger partial charge on any atom is 0.255 e. The number of rotatable bonds is 1. The van der Waals surface area contributed by atoms with Crippen LogP contribution in [0, 0.1) is 17.8 Å². The van der Waals surface area contributed by atoms with Gasteiger partial charge in [-0.1, -0.05) is 19.1 Å².